The summed E-state index contributed by atoms with van der Waals surface area (Å²) in [6.07, 6.45) is 4.07. The molecule has 1 heterocycles. The van der Waals surface area contributed by atoms with Crippen LogP contribution in [0.25, 0.3) is 0 Å². The van der Waals surface area contributed by atoms with Crippen LogP contribution in [0.2, 0.25) is 0 Å². The first-order chi connectivity index (χ1) is 10.3. The van der Waals surface area contributed by atoms with Gasteiger partial charge in [-0.1, -0.05) is 31.2 Å². The Balaban J connectivity index is 1.92. The molecule has 3 nitrogen and oxygen atoms in total. The van der Waals surface area contributed by atoms with Gasteiger partial charge in [0.25, 0.3) is 0 Å². The smallest absolute Gasteiger partial charge is 0.142 e. The number of nitrogens with one attached hydrogen (secondary N) is 1. The number of aromatic nitrogens is 1. The number of hydrogen-bond donors (Lipinski definition) is 1. The van der Waals surface area contributed by atoms with Crippen LogP contribution in [0, 0.1) is 0 Å². The van der Waals surface area contributed by atoms with Crippen LogP contribution >= 0.6 is 0 Å². The molecular formula is C18H22N2O. The molecule has 110 valence electrons. The van der Waals surface area contributed by atoms with E-state index >= 15 is 0 Å². The molecule has 2 unspecified atom stereocenters. The van der Waals surface area contributed by atoms with E-state index in [0.29, 0.717) is 5.92 Å². The van der Waals surface area contributed by atoms with Crippen LogP contribution in [0.1, 0.15) is 42.1 Å². The molecule has 0 saturated carbocycles. The van der Waals surface area contributed by atoms with Crippen LogP contribution in [-0.2, 0) is 6.42 Å². The highest BCUT2D eigenvalue weighted by atomic mass is 16.5. The van der Waals surface area contributed by atoms with Gasteiger partial charge >= 0.3 is 0 Å². The number of hydrogen-bond acceptors (Lipinski definition) is 3. The lowest BCUT2D eigenvalue weighted by Crippen LogP contribution is -2.34. The van der Waals surface area contributed by atoms with Crippen LogP contribution < -0.4 is 10.1 Å². The fourth-order valence-electron chi connectivity index (χ4n) is 3.13. The second-order valence-corrected chi connectivity index (χ2v) is 5.53. The molecule has 3 rings (SSSR count). The van der Waals surface area contributed by atoms with E-state index in [1.807, 2.05) is 18.3 Å². The van der Waals surface area contributed by atoms with Crippen LogP contribution in [0.3, 0.4) is 0 Å². The van der Waals surface area contributed by atoms with Crippen LogP contribution in [-0.4, -0.2) is 18.6 Å². The van der Waals surface area contributed by atoms with E-state index in [-0.39, 0.29) is 6.04 Å². The van der Waals surface area contributed by atoms with Crippen molar-refractivity contribution in [3.8, 4) is 5.75 Å². The van der Waals surface area contributed by atoms with Gasteiger partial charge in [0.2, 0.25) is 0 Å². The number of benzene rings is 1. The Hall–Kier alpha value is -1.87. The Bertz CT molecular complexity index is 612. The van der Waals surface area contributed by atoms with Gasteiger partial charge in [-0.15, -0.1) is 0 Å². The lowest BCUT2D eigenvalue weighted by atomic mass is 9.72. The Labute approximate surface area is 126 Å². The normalized spacial score (nSPS) is 17.7. The maximum atomic E-state index is 5.51. The van der Waals surface area contributed by atoms with Crippen molar-refractivity contribution < 1.29 is 4.74 Å². The third-order valence-electron chi connectivity index (χ3n) is 4.23. The van der Waals surface area contributed by atoms with E-state index in [0.717, 1.165) is 30.8 Å². The molecule has 0 amide bonds. The Kier molecular flexibility index (Phi) is 4.20. The highest BCUT2D eigenvalue weighted by molar-refractivity contribution is 5.44. The number of nitrogens with zero attached hydrogens (tertiary/aromatic N) is 1. The fourth-order valence-corrected chi connectivity index (χ4v) is 3.13. The number of methoxy groups -OCH3 is 1. The van der Waals surface area contributed by atoms with Crippen molar-refractivity contribution in [3.05, 3.63) is 59.4 Å². The lowest BCUT2D eigenvalue weighted by molar-refractivity contribution is 0.364. The Morgan fingerprint density at radius 2 is 2.14 bits per heavy atom. The Morgan fingerprint density at radius 1 is 1.29 bits per heavy atom. The summed E-state index contributed by atoms with van der Waals surface area (Å²) >= 11 is 0. The van der Waals surface area contributed by atoms with Crippen LogP contribution in [0.4, 0.5) is 0 Å². The standard InChI is InChI=1S/C18H22N2O/c1-3-10-19-17(18-16(21-2)9-6-11-20-18)15-12-13-7-4-5-8-14(13)15/h4-9,11,15,17,19H,3,10,12H2,1-2H3. The first-order valence-electron chi connectivity index (χ1n) is 7.65. The van der Waals surface area contributed by atoms with E-state index in [2.05, 4.69) is 41.5 Å². The number of rotatable bonds is 6. The first-order valence-corrected chi connectivity index (χ1v) is 7.65. The van der Waals surface area contributed by atoms with Gasteiger partial charge in [-0.3, -0.25) is 4.98 Å². The average molecular weight is 282 g/mol. The molecule has 0 fully saturated rings. The predicted molar refractivity (Wildman–Crippen MR) is 84.7 cm³/mol. The van der Waals surface area contributed by atoms with Crippen molar-refractivity contribution in [3.63, 3.8) is 0 Å². The molecule has 21 heavy (non-hydrogen) atoms. The zero-order chi connectivity index (χ0) is 14.7. The lowest BCUT2D eigenvalue weighted by Gasteiger charge is -2.37. The highest BCUT2D eigenvalue weighted by Gasteiger charge is 2.35. The summed E-state index contributed by atoms with van der Waals surface area (Å²) in [7, 11) is 1.71. The molecule has 1 aliphatic rings. The van der Waals surface area contributed by atoms with Gasteiger partial charge in [0.05, 0.1) is 18.8 Å². The van der Waals surface area contributed by atoms with Gasteiger partial charge in [0, 0.05) is 12.1 Å². The van der Waals surface area contributed by atoms with Gasteiger partial charge in [-0.25, -0.2) is 0 Å². The second-order valence-electron chi connectivity index (χ2n) is 5.53. The van der Waals surface area contributed by atoms with Crippen molar-refractivity contribution in [1.29, 1.82) is 0 Å². The quantitative estimate of drug-likeness (QED) is 0.881. The molecule has 0 saturated heterocycles. The van der Waals surface area contributed by atoms with Crippen molar-refractivity contribution >= 4 is 0 Å². The van der Waals surface area contributed by atoms with E-state index in [1.54, 1.807) is 7.11 Å². The van der Waals surface area contributed by atoms with E-state index in [4.69, 9.17) is 4.74 Å². The van der Waals surface area contributed by atoms with Crippen molar-refractivity contribution in [2.24, 2.45) is 0 Å². The maximum absolute atomic E-state index is 5.51. The average Bonchev–Trinajstić information content (AvgIpc) is 2.51. The molecule has 1 aromatic heterocycles. The monoisotopic (exact) mass is 282 g/mol. The molecule has 3 heteroatoms. The molecule has 1 aliphatic carbocycles. The van der Waals surface area contributed by atoms with Gasteiger partial charge < -0.3 is 10.1 Å². The molecule has 1 N–H and O–H groups in total. The Morgan fingerprint density at radius 3 is 2.90 bits per heavy atom. The van der Waals surface area contributed by atoms with E-state index < -0.39 is 0 Å². The number of ether oxygens (including phenoxy) is 1. The fraction of sp³-hybridized carbons (Fsp3) is 0.389. The van der Waals surface area contributed by atoms with Gasteiger partial charge in [-0.2, -0.15) is 0 Å². The molecule has 2 atom stereocenters. The summed E-state index contributed by atoms with van der Waals surface area (Å²) in [5.74, 6) is 1.35. The second kappa shape index (κ2) is 6.27. The topological polar surface area (TPSA) is 34.2 Å². The van der Waals surface area contributed by atoms with Gasteiger partial charge in [0.15, 0.2) is 0 Å². The third-order valence-corrected chi connectivity index (χ3v) is 4.23. The van der Waals surface area contributed by atoms with Crippen molar-refractivity contribution in [2.75, 3.05) is 13.7 Å². The SMILES string of the molecule is CCCNC(c1ncccc1OC)C1Cc2ccccc21. The molecular weight excluding hydrogens is 260 g/mol. The van der Waals surface area contributed by atoms with Gasteiger partial charge in [-0.05, 0) is 42.6 Å². The van der Waals surface area contributed by atoms with E-state index in [1.165, 1.54) is 11.1 Å². The maximum Gasteiger partial charge on any atom is 0.142 e. The molecule has 0 radical (unpaired) electrons. The highest BCUT2D eigenvalue weighted by Crippen LogP contribution is 2.44. The van der Waals surface area contributed by atoms with Crippen LogP contribution in [0.15, 0.2) is 42.6 Å². The zero-order valence-corrected chi connectivity index (χ0v) is 12.7. The predicted octanol–water partition coefficient (Wildman–Crippen LogP) is 3.47. The van der Waals surface area contributed by atoms with Crippen molar-refractivity contribution in [1.82, 2.24) is 10.3 Å². The minimum atomic E-state index is 0.219. The molecule has 0 spiro atoms. The van der Waals surface area contributed by atoms with Crippen molar-refractivity contribution in [2.45, 2.75) is 31.7 Å². The molecule has 2 aromatic rings. The summed E-state index contributed by atoms with van der Waals surface area (Å²) in [6.45, 7) is 3.18. The summed E-state index contributed by atoms with van der Waals surface area (Å²) < 4.78 is 5.51. The zero-order valence-electron chi connectivity index (χ0n) is 12.7. The molecule has 0 aliphatic heterocycles. The van der Waals surface area contributed by atoms with Crippen LogP contribution in [0.5, 0.6) is 5.75 Å². The largest absolute Gasteiger partial charge is 0.495 e. The molecule has 0 bridgehead atoms. The number of pyridine rings is 1. The van der Waals surface area contributed by atoms with Gasteiger partial charge in [0.1, 0.15) is 5.75 Å². The summed E-state index contributed by atoms with van der Waals surface area (Å²) in [4.78, 5) is 4.59. The summed E-state index contributed by atoms with van der Waals surface area (Å²) in [5.41, 5.74) is 3.92. The molecule has 1 aromatic carbocycles. The van der Waals surface area contributed by atoms with E-state index in [9.17, 15) is 0 Å². The number of fused-ring (bicyclic) bond motifs is 1. The summed E-state index contributed by atoms with van der Waals surface area (Å²) in [6, 6.07) is 12.8. The first kappa shape index (κ1) is 14.1. The summed E-state index contributed by atoms with van der Waals surface area (Å²) in [5, 5.41) is 3.66. The third kappa shape index (κ3) is 2.66. The minimum absolute atomic E-state index is 0.219. The minimum Gasteiger partial charge on any atom is -0.495 e.